The molecule has 0 N–H and O–H groups in total. The molecular weight excluding hydrogens is 172 g/mol. The Morgan fingerprint density at radius 3 is 2.23 bits per heavy atom. The molecule has 0 bridgehead atoms. The van der Waals surface area contributed by atoms with E-state index >= 15 is 0 Å². The summed E-state index contributed by atoms with van der Waals surface area (Å²) >= 11 is 0. The van der Waals surface area contributed by atoms with E-state index in [0.29, 0.717) is 5.92 Å². The molecule has 0 aromatic rings. The lowest BCUT2D eigenvalue weighted by atomic mass is 9.90. The number of hydrogen-bond donors (Lipinski definition) is 0. The lowest BCUT2D eigenvalue weighted by molar-refractivity contribution is -0.302. The van der Waals surface area contributed by atoms with Crippen LogP contribution in [-0.4, -0.2) is 18.2 Å². The van der Waals surface area contributed by atoms with Gasteiger partial charge in [-0.25, -0.2) is 9.78 Å². The Hall–Kier alpha value is -0.610. The summed E-state index contributed by atoms with van der Waals surface area (Å²) in [5.74, 6) is -0.516. The van der Waals surface area contributed by atoms with Crippen LogP contribution in [0.15, 0.2) is 0 Å². The minimum absolute atomic E-state index is 0.0608. The Kier molecular flexibility index (Phi) is 4.95. The van der Waals surface area contributed by atoms with Crippen molar-refractivity contribution in [3.63, 3.8) is 0 Å². The Labute approximate surface area is 78.8 Å². The van der Waals surface area contributed by atoms with Gasteiger partial charge in [-0.05, 0) is 27.2 Å². The fraction of sp³-hybridized carbons (Fsp3) is 0.889. The van der Waals surface area contributed by atoms with Gasteiger partial charge in [-0.2, -0.15) is 0 Å². The first-order valence-corrected chi connectivity index (χ1v) is 4.38. The highest BCUT2D eigenvalue weighted by atomic mass is 17.2. The van der Waals surface area contributed by atoms with Crippen LogP contribution in [0.4, 0.5) is 0 Å². The molecular formula is C9H17O4-. The molecule has 4 heteroatoms. The molecule has 0 aliphatic carbocycles. The van der Waals surface area contributed by atoms with Gasteiger partial charge in [-0.3, -0.25) is 0 Å². The topological polar surface area (TPSA) is 58.6 Å². The van der Waals surface area contributed by atoms with Crippen LogP contribution in [0.25, 0.3) is 0 Å². The number of carboxylic acids is 1. The molecule has 1 heterocycles. The van der Waals surface area contributed by atoms with Crippen molar-refractivity contribution in [2.24, 2.45) is 5.92 Å². The van der Waals surface area contributed by atoms with Crippen LogP contribution in [0, 0.1) is 5.92 Å². The normalized spacial score (nSPS) is 24.8. The minimum atomic E-state index is -1.08. The van der Waals surface area contributed by atoms with Gasteiger partial charge >= 0.3 is 0 Å². The van der Waals surface area contributed by atoms with Gasteiger partial charge < -0.3 is 9.90 Å². The highest BCUT2D eigenvalue weighted by molar-refractivity contribution is 5.60. The third-order valence-electron chi connectivity index (χ3n) is 2.02. The zero-order valence-electron chi connectivity index (χ0n) is 8.62. The molecule has 1 unspecified atom stereocenters. The van der Waals surface area contributed by atoms with E-state index < -0.39 is 5.97 Å². The molecule has 1 fully saturated rings. The number of hydrogen-bond acceptors (Lipinski definition) is 4. The molecule has 1 aliphatic heterocycles. The predicted molar refractivity (Wildman–Crippen MR) is 45.6 cm³/mol. The molecule has 0 aromatic carbocycles. The van der Waals surface area contributed by atoms with E-state index in [4.69, 9.17) is 19.7 Å². The van der Waals surface area contributed by atoms with Gasteiger partial charge in [0.05, 0.1) is 6.61 Å². The SMILES string of the molecule is CC(=O)[O-].CCC1COOC1(C)C. The number of rotatable bonds is 1. The van der Waals surface area contributed by atoms with Crippen molar-refractivity contribution in [1.29, 1.82) is 0 Å². The maximum atomic E-state index is 8.89. The highest BCUT2D eigenvalue weighted by Crippen LogP contribution is 2.30. The van der Waals surface area contributed by atoms with Gasteiger partial charge in [0.25, 0.3) is 0 Å². The first-order chi connectivity index (χ1) is 5.90. The maximum Gasteiger partial charge on any atom is 0.103 e. The van der Waals surface area contributed by atoms with Crippen molar-refractivity contribution in [3.8, 4) is 0 Å². The third kappa shape index (κ3) is 4.85. The lowest BCUT2D eigenvalue weighted by Crippen LogP contribution is -2.27. The molecule has 1 atom stereocenters. The first kappa shape index (κ1) is 12.4. The van der Waals surface area contributed by atoms with E-state index in [2.05, 4.69) is 20.8 Å². The van der Waals surface area contributed by atoms with Crippen LogP contribution >= 0.6 is 0 Å². The molecule has 0 amide bonds. The first-order valence-electron chi connectivity index (χ1n) is 4.38. The Morgan fingerprint density at radius 2 is 2.08 bits per heavy atom. The molecule has 0 spiro atoms. The Morgan fingerprint density at radius 1 is 1.62 bits per heavy atom. The summed E-state index contributed by atoms with van der Waals surface area (Å²) in [4.78, 5) is 18.8. The van der Waals surface area contributed by atoms with Gasteiger partial charge in [0.1, 0.15) is 5.60 Å². The molecule has 13 heavy (non-hydrogen) atoms. The fourth-order valence-corrected chi connectivity index (χ4v) is 1.15. The van der Waals surface area contributed by atoms with Crippen LogP contribution in [0.2, 0.25) is 0 Å². The zero-order chi connectivity index (χ0) is 10.5. The number of carbonyl (C=O) groups excluding carboxylic acids is 1. The molecule has 1 rings (SSSR count). The highest BCUT2D eigenvalue weighted by Gasteiger charge is 2.36. The molecule has 1 aliphatic rings. The van der Waals surface area contributed by atoms with E-state index in [1.54, 1.807) is 0 Å². The predicted octanol–water partition coefficient (Wildman–Crippen LogP) is 0.509. The van der Waals surface area contributed by atoms with Crippen molar-refractivity contribution in [2.45, 2.75) is 39.7 Å². The fourth-order valence-electron chi connectivity index (χ4n) is 1.15. The van der Waals surface area contributed by atoms with E-state index in [9.17, 15) is 0 Å². The van der Waals surface area contributed by atoms with Gasteiger partial charge in [0.2, 0.25) is 0 Å². The number of carboxylic acid groups (broad SMARTS) is 1. The van der Waals surface area contributed by atoms with Crippen LogP contribution in [0.5, 0.6) is 0 Å². The van der Waals surface area contributed by atoms with E-state index in [-0.39, 0.29) is 5.60 Å². The number of aliphatic carboxylic acids is 1. The van der Waals surface area contributed by atoms with Crippen molar-refractivity contribution >= 4 is 5.97 Å². The number of carbonyl (C=O) groups is 1. The summed E-state index contributed by atoms with van der Waals surface area (Å²) in [6, 6.07) is 0. The minimum Gasteiger partial charge on any atom is -0.550 e. The second-order valence-corrected chi connectivity index (χ2v) is 3.57. The van der Waals surface area contributed by atoms with Gasteiger partial charge in [0.15, 0.2) is 0 Å². The van der Waals surface area contributed by atoms with Crippen molar-refractivity contribution < 1.29 is 19.7 Å². The molecule has 78 valence electrons. The van der Waals surface area contributed by atoms with E-state index in [1.807, 2.05) is 0 Å². The third-order valence-corrected chi connectivity index (χ3v) is 2.02. The quantitative estimate of drug-likeness (QED) is 0.564. The summed E-state index contributed by atoms with van der Waals surface area (Å²) in [7, 11) is 0. The maximum absolute atomic E-state index is 8.89. The summed E-state index contributed by atoms with van der Waals surface area (Å²) in [5, 5.41) is 8.89. The summed E-state index contributed by atoms with van der Waals surface area (Å²) in [6.07, 6.45) is 1.13. The monoisotopic (exact) mass is 189 g/mol. The van der Waals surface area contributed by atoms with E-state index in [1.165, 1.54) is 0 Å². The summed E-state index contributed by atoms with van der Waals surface area (Å²) in [5.41, 5.74) is -0.0608. The summed E-state index contributed by atoms with van der Waals surface area (Å²) < 4.78 is 0. The molecule has 1 saturated heterocycles. The lowest BCUT2D eigenvalue weighted by Gasteiger charge is -2.20. The van der Waals surface area contributed by atoms with Gasteiger partial charge in [-0.1, -0.05) is 6.92 Å². The Balaban J connectivity index is 0.000000310. The van der Waals surface area contributed by atoms with Crippen LogP contribution < -0.4 is 5.11 Å². The largest absolute Gasteiger partial charge is 0.550 e. The van der Waals surface area contributed by atoms with Crippen LogP contribution in [-0.2, 0) is 14.6 Å². The van der Waals surface area contributed by atoms with Crippen molar-refractivity contribution in [2.75, 3.05) is 6.61 Å². The molecule has 0 saturated carbocycles. The summed E-state index contributed by atoms with van der Waals surface area (Å²) in [6.45, 7) is 8.01. The van der Waals surface area contributed by atoms with Crippen LogP contribution in [0.3, 0.4) is 0 Å². The van der Waals surface area contributed by atoms with E-state index in [0.717, 1.165) is 20.0 Å². The van der Waals surface area contributed by atoms with Gasteiger partial charge in [0, 0.05) is 11.9 Å². The second-order valence-electron chi connectivity index (χ2n) is 3.57. The second kappa shape index (κ2) is 5.19. The van der Waals surface area contributed by atoms with Crippen molar-refractivity contribution in [3.05, 3.63) is 0 Å². The smallest absolute Gasteiger partial charge is 0.103 e. The molecule has 0 aromatic heterocycles. The standard InChI is InChI=1S/C7H14O2.C2H4O2/c1-4-6-5-8-9-7(6,2)3;1-2(3)4/h6H,4-5H2,1-3H3;1H3,(H,3,4)/p-1. The average Bonchev–Trinajstić information content (AvgIpc) is 2.27. The molecule has 4 nitrogen and oxygen atoms in total. The zero-order valence-corrected chi connectivity index (χ0v) is 8.62. The van der Waals surface area contributed by atoms with Crippen LogP contribution in [0.1, 0.15) is 34.1 Å². The average molecular weight is 189 g/mol. The van der Waals surface area contributed by atoms with Crippen molar-refractivity contribution in [1.82, 2.24) is 0 Å². The van der Waals surface area contributed by atoms with Gasteiger partial charge in [-0.15, -0.1) is 0 Å². The molecule has 0 radical (unpaired) electrons. The Bertz CT molecular complexity index is 161.